The maximum atomic E-state index is 10.4. The van der Waals surface area contributed by atoms with Gasteiger partial charge in [-0.05, 0) is 30.4 Å². The molecule has 2 unspecified atom stereocenters. The van der Waals surface area contributed by atoms with Gasteiger partial charge in [0.2, 0.25) is 0 Å². The Morgan fingerprint density at radius 3 is 2.76 bits per heavy atom. The van der Waals surface area contributed by atoms with Crippen molar-refractivity contribution in [1.82, 2.24) is 0 Å². The van der Waals surface area contributed by atoms with Crippen molar-refractivity contribution in [3.05, 3.63) is 29.8 Å². The number of benzene rings is 1. The first kappa shape index (κ1) is 11.6. The van der Waals surface area contributed by atoms with Gasteiger partial charge in [-0.25, -0.2) is 0 Å². The fourth-order valence-corrected chi connectivity index (χ4v) is 4.48. The maximum Gasteiger partial charge on any atom is 0.0668 e. The van der Waals surface area contributed by atoms with Crippen LogP contribution in [0.2, 0.25) is 0 Å². The van der Waals surface area contributed by atoms with E-state index in [1.165, 1.54) is 36.1 Å². The van der Waals surface area contributed by atoms with Crippen molar-refractivity contribution < 1.29 is 5.11 Å². The van der Waals surface area contributed by atoms with E-state index in [-0.39, 0.29) is 6.10 Å². The first-order valence-electron chi connectivity index (χ1n) is 6.75. The van der Waals surface area contributed by atoms with E-state index in [0.29, 0.717) is 5.25 Å². The molecule has 0 spiro atoms. The van der Waals surface area contributed by atoms with Crippen LogP contribution in [-0.4, -0.2) is 16.5 Å². The summed E-state index contributed by atoms with van der Waals surface area (Å²) in [5.74, 6) is 0.786. The second kappa shape index (κ2) is 5.03. The third kappa shape index (κ3) is 2.53. The van der Waals surface area contributed by atoms with Crippen molar-refractivity contribution in [3.63, 3.8) is 0 Å². The zero-order chi connectivity index (χ0) is 11.7. The lowest BCUT2D eigenvalue weighted by molar-refractivity contribution is 0.140. The number of rotatable bonds is 3. The summed E-state index contributed by atoms with van der Waals surface area (Å²) >= 11 is 1.88. The van der Waals surface area contributed by atoms with E-state index in [1.807, 2.05) is 11.8 Å². The lowest BCUT2D eigenvalue weighted by Crippen LogP contribution is -2.24. The molecule has 1 N–H and O–H groups in total. The van der Waals surface area contributed by atoms with Crippen LogP contribution in [-0.2, 0) is 6.42 Å². The molecule has 1 aromatic rings. The first-order chi connectivity index (χ1) is 8.33. The normalized spacial score (nSPS) is 26.1. The van der Waals surface area contributed by atoms with E-state index in [9.17, 15) is 5.11 Å². The SMILES string of the molecule is OC(CC1CCCC1)C1Cc2ccccc2S1. The Morgan fingerprint density at radius 1 is 1.24 bits per heavy atom. The zero-order valence-corrected chi connectivity index (χ0v) is 11.0. The predicted molar refractivity (Wildman–Crippen MR) is 72.4 cm³/mol. The van der Waals surface area contributed by atoms with E-state index in [1.54, 1.807) is 0 Å². The molecular weight excluding hydrogens is 228 g/mol. The summed E-state index contributed by atoms with van der Waals surface area (Å²) in [5.41, 5.74) is 1.42. The lowest BCUT2D eigenvalue weighted by Gasteiger charge is -2.20. The minimum absolute atomic E-state index is 0.115. The summed E-state index contributed by atoms with van der Waals surface area (Å²) in [4.78, 5) is 1.38. The monoisotopic (exact) mass is 248 g/mol. The van der Waals surface area contributed by atoms with Gasteiger partial charge < -0.3 is 5.11 Å². The van der Waals surface area contributed by atoms with Gasteiger partial charge in [0, 0.05) is 10.1 Å². The average Bonchev–Trinajstić information content (AvgIpc) is 2.96. The molecule has 1 fully saturated rings. The molecular formula is C15H20OS. The van der Waals surface area contributed by atoms with Crippen molar-refractivity contribution >= 4 is 11.8 Å². The molecule has 1 aliphatic carbocycles. The third-order valence-corrected chi connectivity index (χ3v) is 5.59. The number of thioether (sulfide) groups is 1. The summed E-state index contributed by atoms with van der Waals surface area (Å²) in [6.07, 6.45) is 7.36. The number of hydrogen-bond acceptors (Lipinski definition) is 2. The number of aliphatic hydroxyl groups excluding tert-OH is 1. The van der Waals surface area contributed by atoms with Gasteiger partial charge in [-0.3, -0.25) is 0 Å². The molecule has 0 saturated heterocycles. The van der Waals surface area contributed by atoms with Crippen LogP contribution in [0, 0.1) is 5.92 Å². The molecule has 0 radical (unpaired) electrons. The Bertz CT molecular complexity index is 359. The Kier molecular flexibility index (Phi) is 3.44. The number of hydrogen-bond donors (Lipinski definition) is 1. The Labute approximate surface area is 108 Å². The highest BCUT2D eigenvalue weighted by Gasteiger charge is 2.30. The van der Waals surface area contributed by atoms with Crippen LogP contribution in [0.25, 0.3) is 0 Å². The predicted octanol–water partition coefficient (Wildman–Crippen LogP) is 3.64. The first-order valence-corrected chi connectivity index (χ1v) is 7.63. The lowest BCUT2D eigenvalue weighted by atomic mass is 9.96. The summed E-state index contributed by atoms with van der Waals surface area (Å²) in [6, 6.07) is 8.58. The zero-order valence-electron chi connectivity index (χ0n) is 10.1. The van der Waals surface area contributed by atoms with E-state index in [2.05, 4.69) is 24.3 Å². The van der Waals surface area contributed by atoms with Crippen molar-refractivity contribution in [2.45, 2.75) is 54.8 Å². The molecule has 1 saturated carbocycles. The highest BCUT2D eigenvalue weighted by Crippen LogP contribution is 2.40. The van der Waals surface area contributed by atoms with Gasteiger partial charge in [0.1, 0.15) is 0 Å². The highest BCUT2D eigenvalue weighted by atomic mass is 32.2. The van der Waals surface area contributed by atoms with Crippen LogP contribution in [0.1, 0.15) is 37.7 Å². The number of fused-ring (bicyclic) bond motifs is 1. The minimum atomic E-state index is -0.115. The third-order valence-electron chi connectivity index (χ3n) is 4.15. The van der Waals surface area contributed by atoms with Crippen LogP contribution in [0.5, 0.6) is 0 Å². The minimum Gasteiger partial charge on any atom is -0.392 e. The Morgan fingerprint density at radius 2 is 2.00 bits per heavy atom. The molecule has 1 heterocycles. The smallest absolute Gasteiger partial charge is 0.0668 e. The van der Waals surface area contributed by atoms with Crippen molar-refractivity contribution in [3.8, 4) is 0 Å². The Hall–Kier alpha value is -0.470. The number of aliphatic hydroxyl groups is 1. The van der Waals surface area contributed by atoms with Crippen LogP contribution in [0.15, 0.2) is 29.2 Å². The highest BCUT2D eigenvalue weighted by molar-refractivity contribution is 8.00. The van der Waals surface area contributed by atoms with E-state index in [0.717, 1.165) is 18.8 Å². The van der Waals surface area contributed by atoms with Crippen LogP contribution >= 0.6 is 11.8 Å². The molecule has 2 aliphatic rings. The molecule has 1 aromatic carbocycles. The molecule has 0 amide bonds. The molecule has 17 heavy (non-hydrogen) atoms. The van der Waals surface area contributed by atoms with Crippen molar-refractivity contribution in [1.29, 1.82) is 0 Å². The standard InChI is InChI=1S/C15H20OS/c16-13(9-11-5-1-2-6-11)15-10-12-7-3-4-8-14(12)17-15/h3-4,7-8,11,13,15-16H,1-2,5-6,9-10H2. The molecule has 0 bridgehead atoms. The second-order valence-corrected chi connectivity index (χ2v) is 6.70. The molecule has 2 atom stereocenters. The average molecular weight is 248 g/mol. The molecule has 2 heteroatoms. The van der Waals surface area contributed by atoms with Crippen LogP contribution in [0.4, 0.5) is 0 Å². The molecule has 1 aliphatic heterocycles. The molecule has 1 nitrogen and oxygen atoms in total. The second-order valence-electron chi connectivity index (χ2n) is 5.42. The summed E-state index contributed by atoms with van der Waals surface area (Å²) < 4.78 is 0. The van der Waals surface area contributed by atoms with Crippen LogP contribution in [0.3, 0.4) is 0 Å². The summed E-state index contributed by atoms with van der Waals surface area (Å²) in [6.45, 7) is 0. The topological polar surface area (TPSA) is 20.2 Å². The van der Waals surface area contributed by atoms with E-state index >= 15 is 0 Å². The molecule has 0 aromatic heterocycles. The fraction of sp³-hybridized carbons (Fsp3) is 0.600. The van der Waals surface area contributed by atoms with Gasteiger partial charge in [0.15, 0.2) is 0 Å². The van der Waals surface area contributed by atoms with Crippen molar-refractivity contribution in [2.24, 2.45) is 5.92 Å². The maximum absolute atomic E-state index is 10.4. The van der Waals surface area contributed by atoms with Gasteiger partial charge in [-0.15, -0.1) is 11.8 Å². The van der Waals surface area contributed by atoms with E-state index < -0.39 is 0 Å². The largest absolute Gasteiger partial charge is 0.392 e. The van der Waals surface area contributed by atoms with E-state index in [4.69, 9.17) is 0 Å². The molecule has 3 rings (SSSR count). The Balaban J connectivity index is 1.60. The van der Waals surface area contributed by atoms with Gasteiger partial charge in [-0.2, -0.15) is 0 Å². The van der Waals surface area contributed by atoms with Gasteiger partial charge in [0.25, 0.3) is 0 Å². The fourth-order valence-electron chi connectivity index (χ4n) is 3.16. The van der Waals surface area contributed by atoms with Crippen molar-refractivity contribution in [2.75, 3.05) is 0 Å². The van der Waals surface area contributed by atoms with Crippen LogP contribution < -0.4 is 0 Å². The van der Waals surface area contributed by atoms with Gasteiger partial charge >= 0.3 is 0 Å². The molecule has 92 valence electrons. The summed E-state index contributed by atoms with van der Waals surface area (Å²) in [5, 5.41) is 10.8. The quantitative estimate of drug-likeness (QED) is 0.881. The summed E-state index contributed by atoms with van der Waals surface area (Å²) in [7, 11) is 0. The van der Waals surface area contributed by atoms with Gasteiger partial charge in [-0.1, -0.05) is 43.9 Å². The van der Waals surface area contributed by atoms with Gasteiger partial charge in [0.05, 0.1) is 6.10 Å².